The maximum atomic E-state index is 10.9. The molecule has 14 heavy (non-hydrogen) atoms. The van der Waals surface area contributed by atoms with Gasteiger partial charge in [-0.05, 0) is 24.7 Å². The number of carbonyl (C=O) groups excluding carboxylic acids is 1. The first kappa shape index (κ1) is 13.2. The van der Waals surface area contributed by atoms with E-state index in [-0.39, 0.29) is 17.5 Å². The fraction of sp³-hybridized carbons (Fsp3) is 0.750. The lowest BCUT2D eigenvalue weighted by Gasteiger charge is -2.29. The van der Waals surface area contributed by atoms with Gasteiger partial charge in [0.15, 0.2) is 0 Å². The molecule has 0 radical (unpaired) electrons. The lowest BCUT2D eigenvalue weighted by molar-refractivity contribution is -0.152. The largest absolute Gasteiger partial charge is 0.462 e. The third-order valence-corrected chi connectivity index (χ3v) is 2.15. The highest BCUT2D eigenvalue weighted by molar-refractivity contribution is 5.66. The van der Waals surface area contributed by atoms with E-state index in [1.165, 1.54) is 6.92 Å². The molecule has 2 nitrogen and oxygen atoms in total. The zero-order chi connectivity index (χ0) is 11.2. The van der Waals surface area contributed by atoms with Crippen LogP contribution in [0.25, 0.3) is 0 Å². The summed E-state index contributed by atoms with van der Waals surface area (Å²) in [5.74, 6) is -0.191. The van der Waals surface area contributed by atoms with E-state index >= 15 is 0 Å². The van der Waals surface area contributed by atoms with Crippen molar-refractivity contribution < 1.29 is 9.53 Å². The second-order valence-electron chi connectivity index (χ2n) is 4.68. The number of hydrogen-bond acceptors (Lipinski definition) is 2. The Balaban J connectivity index is 4.11. The van der Waals surface area contributed by atoms with E-state index in [9.17, 15) is 4.79 Å². The minimum atomic E-state index is -0.191. The van der Waals surface area contributed by atoms with Crippen LogP contribution in [0.2, 0.25) is 0 Å². The van der Waals surface area contributed by atoms with Crippen LogP contribution in [-0.2, 0) is 9.53 Å². The van der Waals surface area contributed by atoms with Gasteiger partial charge in [-0.1, -0.05) is 26.8 Å². The molecule has 0 aromatic carbocycles. The fourth-order valence-electron chi connectivity index (χ4n) is 1.32. The van der Waals surface area contributed by atoms with Crippen molar-refractivity contribution in [2.45, 2.75) is 53.1 Å². The predicted octanol–water partition coefficient (Wildman–Crippen LogP) is 3.32. The molecule has 0 aliphatic heterocycles. The van der Waals surface area contributed by atoms with Gasteiger partial charge in [0.1, 0.15) is 6.10 Å². The average Bonchev–Trinajstić information content (AvgIpc) is 2.00. The van der Waals surface area contributed by atoms with Gasteiger partial charge in [-0.3, -0.25) is 4.79 Å². The van der Waals surface area contributed by atoms with Gasteiger partial charge < -0.3 is 4.74 Å². The van der Waals surface area contributed by atoms with Gasteiger partial charge in [-0.2, -0.15) is 0 Å². The summed E-state index contributed by atoms with van der Waals surface area (Å²) in [5.41, 5.74) is 0.0207. The fourth-order valence-corrected chi connectivity index (χ4v) is 1.32. The number of rotatable bonds is 5. The van der Waals surface area contributed by atoms with Crippen molar-refractivity contribution in [1.29, 1.82) is 0 Å². The highest BCUT2D eigenvalue weighted by Gasteiger charge is 2.26. The Labute approximate surface area is 87.3 Å². The van der Waals surface area contributed by atoms with Gasteiger partial charge in [-0.15, -0.1) is 6.58 Å². The van der Waals surface area contributed by atoms with E-state index in [1.807, 2.05) is 6.08 Å². The second kappa shape index (κ2) is 5.84. The molecule has 0 aromatic rings. The van der Waals surface area contributed by atoms with E-state index in [1.54, 1.807) is 0 Å². The summed E-state index contributed by atoms with van der Waals surface area (Å²) in [7, 11) is 0. The first-order chi connectivity index (χ1) is 6.38. The molecular weight excluding hydrogens is 176 g/mol. The van der Waals surface area contributed by atoms with Crippen LogP contribution in [0, 0.1) is 5.41 Å². The number of hydrogen-bond donors (Lipinski definition) is 0. The zero-order valence-electron chi connectivity index (χ0n) is 9.80. The molecule has 0 rings (SSSR count). The summed E-state index contributed by atoms with van der Waals surface area (Å²) < 4.78 is 5.29. The molecule has 0 saturated carbocycles. The highest BCUT2D eigenvalue weighted by atomic mass is 16.5. The normalized spacial score (nSPS) is 13.4. The Morgan fingerprint density at radius 3 is 2.43 bits per heavy atom. The Kier molecular flexibility index (Phi) is 5.51. The van der Waals surface area contributed by atoms with E-state index in [0.29, 0.717) is 0 Å². The summed E-state index contributed by atoms with van der Waals surface area (Å²) in [4.78, 5) is 10.9. The molecule has 0 spiro atoms. The molecule has 0 amide bonds. The lowest BCUT2D eigenvalue weighted by atomic mass is 9.86. The molecule has 2 heteroatoms. The second-order valence-corrected chi connectivity index (χ2v) is 4.68. The van der Waals surface area contributed by atoms with E-state index in [4.69, 9.17) is 4.74 Å². The first-order valence-electron chi connectivity index (χ1n) is 5.16. The number of allylic oxidation sites excluding steroid dienone is 1. The number of esters is 1. The van der Waals surface area contributed by atoms with Gasteiger partial charge in [0.05, 0.1) is 0 Å². The van der Waals surface area contributed by atoms with E-state index < -0.39 is 0 Å². The van der Waals surface area contributed by atoms with Crippen molar-refractivity contribution in [2.75, 3.05) is 0 Å². The Bertz CT molecular complexity index is 189. The standard InChI is InChI=1S/C12H22O2/c1-6-7-8-9-11(12(3,4)5)14-10(2)13/h6,11H,1,7-9H2,2-5H3. The summed E-state index contributed by atoms with van der Waals surface area (Å²) in [6, 6.07) is 0. The van der Waals surface area contributed by atoms with Crippen LogP contribution in [0.1, 0.15) is 47.0 Å². The third-order valence-electron chi connectivity index (χ3n) is 2.15. The van der Waals surface area contributed by atoms with Crippen LogP contribution >= 0.6 is 0 Å². The van der Waals surface area contributed by atoms with Crippen molar-refractivity contribution >= 4 is 5.97 Å². The monoisotopic (exact) mass is 198 g/mol. The number of carbonyl (C=O) groups is 1. The van der Waals surface area contributed by atoms with Gasteiger partial charge in [0.2, 0.25) is 0 Å². The summed E-state index contributed by atoms with van der Waals surface area (Å²) in [5, 5.41) is 0. The maximum absolute atomic E-state index is 10.9. The molecule has 0 fully saturated rings. The average molecular weight is 198 g/mol. The molecule has 1 atom stereocenters. The molecule has 0 aliphatic rings. The van der Waals surface area contributed by atoms with Crippen LogP contribution in [0.4, 0.5) is 0 Å². The van der Waals surface area contributed by atoms with Gasteiger partial charge in [0, 0.05) is 6.92 Å². The molecule has 0 N–H and O–H groups in total. The van der Waals surface area contributed by atoms with E-state index in [2.05, 4.69) is 27.4 Å². The molecule has 82 valence electrons. The summed E-state index contributed by atoms with van der Waals surface area (Å²) in [6.45, 7) is 11.4. The number of unbranched alkanes of at least 4 members (excludes halogenated alkanes) is 1. The van der Waals surface area contributed by atoms with Crippen LogP contribution in [0.15, 0.2) is 12.7 Å². The van der Waals surface area contributed by atoms with Crippen molar-refractivity contribution in [1.82, 2.24) is 0 Å². The van der Waals surface area contributed by atoms with Crippen molar-refractivity contribution in [3.05, 3.63) is 12.7 Å². The molecule has 0 aliphatic carbocycles. The third kappa shape index (κ3) is 5.79. The maximum Gasteiger partial charge on any atom is 0.302 e. The topological polar surface area (TPSA) is 26.3 Å². The molecule has 0 aromatic heterocycles. The SMILES string of the molecule is C=CCCCC(OC(C)=O)C(C)(C)C. The molecule has 1 unspecified atom stereocenters. The summed E-state index contributed by atoms with van der Waals surface area (Å²) >= 11 is 0. The van der Waals surface area contributed by atoms with Crippen molar-refractivity contribution in [3.8, 4) is 0 Å². The smallest absolute Gasteiger partial charge is 0.302 e. The van der Waals surface area contributed by atoms with Crippen molar-refractivity contribution in [3.63, 3.8) is 0 Å². The Morgan fingerprint density at radius 2 is 2.07 bits per heavy atom. The minimum absolute atomic E-state index is 0.0138. The quantitative estimate of drug-likeness (QED) is 0.385. The first-order valence-corrected chi connectivity index (χ1v) is 5.16. The van der Waals surface area contributed by atoms with Crippen LogP contribution in [0.5, 0.6) is 0 Å². The molecule has 0 saturated heterocycles. The number of ether oxygens (including phenoxy) is 1. The zero-order valence-corrected chi connectivity index (χ0v) is 9.80. The Morgan fingerprint density at radius 1 is 1.50 bits per heavy atom. The van der Waals surface area contributed by atoms with Gasteiger partial charge >= 0.3 is 5.97 Å². The van der Waals surface area contributed by atoms with Crippen LogP contribution in [-0.4, -0.2) is 12.1 Å². The lowest BCUT2D eigenvalue weighted by Crippen LogP contribution is -2.30. The van der Waals surface area contributed by atoms with Gasteiger partial charge in [0.25, 0.3) is 0 Å². The molecule has 0 heterocycles. The summed E-state index contributed by atoms with van der Waals surface area (Å²) in [6.07, 6.45) is 4.83. The predicted molar refractivity (Wildman–Crippen MR) is 59.1 cm³/mol. The van der Waals surface area contributed by atoms with E-state index in [0.717, 1.165) is 19.3 Å². The van der Waals surface area contributed by atoms with Crippen LogP contribution in [0.3, 0.4) is 0 Å². The van der Waals surface area contributed by atoms with Crippen molar-refractivity contribution in [2.24, 2.45) is 5.41 Å². The van der Waals surface area contributed by atoms with Gasteiger partial charge in [-0.25, -0.2) is 0 Å². The molecule has 0 bridgehead atoms. The molecular formula is C12H22O2. The minimum Gasteiger partial charge on any atom is -0.462 e. The van der Waals surface area contributed by atoms with Crippen LogP contribution < -0.4 is 0 Å². The Hall–Kier alpha value is -0.790. The highest BCUT2D eigenvalue weighted by Crippen LogP contribution is 2.26.